The van der Waals surface area contributed by atoms with E-state index in [1.165, 1.54) is 6.92 Å². The van der Waals surface area contributed by atoms with Crippen LogP contribution in [0, 0.1) is 4.77 Å². The quantitative estimate of drug-likeness (QED) is 0.630. The van der Waals surface area contributed by atoms with Gasteiger partial charge in [-0.05, 0) is 44.1 Å². The second-order valence-corrected chi connectivity index (χ2v) is 6.07. The second kappa shape index (κ2) is 6.45. The van der Waals surface area contributed by atoms with E-state index < -0.39 is 0 Å². The highest BCUT2D eigenvalue weighted by Crippen LogP contribution is 2.35. The SMILES string of the molecule is CC(=O)c1ccc(C(=O)NCCc2n[nH]c(=S)n2C2CC2)cc1. The molecular formula is C16H18N4O2S. The Bertz CT molecular complexity index is 787. The number of H-pyrrole nitrogens is 1. The van der Waals surface area contributed by atoms with Gasteiger partial charge in [-0.25, -0.2) is 0 Å². The van der Waals surface area contributed by atoms with E-state index in [0.29, 0.717) is 34.9 Å². The lowest BCUT2D eigenvalue weighted by Gasteiger charge is -2.07. The van der Waals surface area contributed by atoms with E-state index in [1.807, 2.05) is 4.57 Å². The van der Waals surface area contributed by atoms with Gasteiger partial charge in [0.05, 0.1) is 0 Å². The van der Waals surface area contributed by atoms with Crippen LogP contribution in [-0.4, -0.2) is 33.0 Å². The Kier molecular flexibility index (Phi) is 4.38. The summed E-state index contributed by atoms with van der Waals surface area (Å²) in [7, 11) is 0. The molecule has 0 radical (unpaired) electrons. The summed E-state index contributed by atoms with van der Waals surface area (Å²) in [4.78, 5) is 23.3. The number of hydrogen-bond donors (Lipinski definition) is 2. The third-order valence-corrected chi connectivity index (χ3v) is 4.17. The molecule has 1 amide bonds. The van der Waals surface area contributed by atoms with E-state index in [4.69, 9.17) is 12.2 Å². The van der Waals surface area contributed by atoms with Crippen LogP contribution in [-0.2, 0) is 6.42 Å². The van der Waals surface area contributed by atoms with Gasteiger partial charge < -0.3 is 9.88 Å². The molecule has 0 bridgehead atoms. The number of carbonyl (C=O) groups is 2. The minimum atomic E-state index is -0.160. The van der Waals surface area contributed by atoms with Gasteiger partial charge in [0.15, 0.2) is 10.6 Å². The number of rotatable bonds is 6. The molecule has 7 heteroatoms. The molecule has 120 valence electrons. The van der Waals surface area contributed by atoms with Crippen LogP contribution in [0.4, 0.5) is 0 Å². The summed E-state index contributed by atoms with van der Waals surface area (Å²) in [6.45, 7) is 1.99. The van der Waals surface area contributed by atoms with Gasteiger partial charge in [-0.3, -0.25) is 14.7 Å². The Balaban J connectivity index is 1.57. The van der Waals surface area contributed by atoms with Crippen LogP contribution in [0.25, 0.3) is 0 Å². The maximum atomic E-state index is 12.1. The molecule has 2 N–H and O–H groups in total. The fourth-order valence-corrected chi connectivity index (χ4v) is 2.77. The van der Waals surface area contributed by atoms with Crippen molar-refractivity contribution in [1.29, 1.82) is 0 Å². The maximum absolute atomic E-state index is 12.1. The Labute approximate surface area is 138 Å². The van der Waals surface area contributed by atoms with Crippen LogP contribution in [0.15, 0.2) is 24.3 Å². The lowest BCUT2D eigenvalue weighted by atomic mass is 10.1. The number of nitrogens with one attached hydrogen (secondary N) is 2. The van der Waals surface area contributed by atoms with Gasteiger partial charge in [0.1, 0.15) is 5.82 Å². The average molecular weight is 330 g/mol. The summed E-state index contributed by atoms with van der Waals surface area (Å²) >= 11 is 5.23. The lowest BCUT2D eigenvalue weighted by molar-refractivity contribution is 0.0951. The van der Waals surface area contributed by atoms with Crippen LogP contribution < -0.4 is 5.32 Å². The minimum absolute atomic E-state index is 0.0140. The summed E-state index contributed by atoms with van der Waals surface area (Å²) in [5, 5.41) is 9.92. The highest BCUT2D eigenvalue weighted by molar-refractivity contribution is 7.71. The molecule has 0 aliphatic heterocycles. The van der Waals surface area contributed by atoms with Crippen molar-refractivity contribution < 1.29 is 9.59 Å². The zero-order chi connectivity index (χ0) is 16.4. The topological polar surface area (TPSA) is 79.8 Å². The van der Waals surface area contributed by atoms with E-state index >= 15 is 0 Å². The summed E-state index contributed by atoms with van der Waals surface area (Å²) in [6.07, 6.45) is 2.90. The molecule has 1 saturated carbocycles. The number of carbonyl (C=O) groups excluding carboxylic acids is 2. The molecule has 6 nitrogen and oxygen atoms in total. The highest BCUT2D eigenvalue weighted by Gasteiger charge is 2.26. The van der Waals surface area contributed by atoms with Crippen molar-refractivity contribution in [1.82, 2.24) is 20.1 Å². The number of aromatic amines is 1. The molecule has 1 fully saturated rings. The molecule has 1 aliphatic carbocycles. The predicted molar refractivity (Wildman–Crippen MR) is 88.2 cm³/mol. The molecule has 23 heavy (non-hydrogen) atoms. The number of nitrogens with zero attached hydrogens (tertiary/aromatic N) is 2. The Morgan fingerprint density at radius 3 is 2.57 bits per heavy atom. The first-order valence-corrected chi connectivity index (χ1v) is 8.02. The van der Waals surface area contributed by atoms with E-state index in [0.717, 1.165) is 18.7 Å². The van der Waals surface area contributed by atoms with Gasteiger partial charge in [-0.15, -0.1) is 0 Å². The van der Waals surface area contributed by atoms with E-state index in [1.54, 1.807) is 24.3 Å². The normalized spacial score (nSPS) is 13.8. The standard InChI is InChI=1S/C16H18N4O2S/c1-10(21)11-2-4-12(5-3-11)15(22)17-9-8-14-18-19-16(23)20(14)13-6-7-13/h2-5,13H,6-9H2,1H3,(H,17,22)(H,19,23). The third kappa shape index (κ3) is 3.56. The Hall–Kier alpha value is -2.28. The molecule has 1 aliphatic rings. The Morgan fingerprint density at radius 2 is 1.96 bits per heavy atom. The molecule has 0 saturated heterocycles. The van der Waals surface area contributed by atoms with Gasteiger partial charge in [0, 0.05) is 30.1 Å². The average Bonchev–Trinajstić information content (AvgIpc) is 3.31. The van der Waals surface area contributed by atoms with Crippen LogP contribution >= 0.6 is 12.2 Å². The van der Waals surface area contributed by atoms with Gasteiger partial charge in [0.25, 0.3) is 5.91 Å². The van der Waals surface area contributed by atoms with Crippen molar-refractivity contribution in [3.8, 4) is 0 Å². The highest BCUT2D eigenvalue weighted by atomic mass is 32.1. The van der Waals surface area contributed by atoms with Crippen molar-refractivity contribution >= 4 is 23.9 Å². The zero-order valence-corrected chi connectivity index (χ0v) is 13.7. The second-order valence-electron chi connectivity index (χ2n) is 5.69. The first kappa shape index (κ1) is 15.6. The first-order chi connectivity index (χ1) is 11.1. The molecular weight excluding hydrogens is 312 g/mol. The van der Waals surface area contributed by atoms with E-state index in [-0.39, 0.29) is 11.7 Å². The maximum Gasteiger partial charge on any atom is 0.251 e. The number of benzene rings is 1. The summed E-state index contributed by atoms with van der Waals surface area (Å²) < 4.78 is 2.69. The largest absolute Gasteiger partial charge is 0.352 e. The zero-order valence-electron chi connectivity index (χ0n) is 12.8. The number of hydrogen-bond acceptors (Lipinski definition) is 4. The van der Waals surface area contributed by atoms with Crippen molar-refractivity contribution in [3.63, 3.8) is 0 Å². The van der Waals surface area contributed by atoms with Gasteiger partial charge >= 0.3 is 0 Å². The smallest absolute Gasteiger partial charge is 0.251 e. The first-order valence-electron chi connectivity index (χ1n) is 7.61. The molecule has 0 unspecified atom stereocenters. The molecule has 1 aromatic carbocycles. The van der Waals surface area contributed by atoms with E-state index in [2.05, 4.69) is 15.5 Å². The van der Waals surface area contributed by atoms with Crippen LogP contribution in [0.3, 0.4) is 0 Å². The Morgan fingerprint density at radius 1 is 1.30 bits per heavy atom. The van der Waals surface area contributed by atoms with Crippen molar-refractivity contribution in [2.45, 2.75) is 32.2 Å². The molecule has 3 rings (SSSR count). The molecule has 2 aromatic rings. The molecule has 0 spiro atoms. The van der Waals surface area contributed by atoms with Crippen molar-refractivity contribution in [2.24, 2.45) is 0 Å². The van der Waals surface area contributed by atoms with Crippen LogP contribution in [0.2, 0.25) is 0 Å². The number of Topliss-reactive ketones (excluding diaryl/α,β-unsaturated/α-hetero) is 1. The van der Waals surface area contributed by atoms with Crippen molar-refractivity contribution in [2.75, 3.05) is 6.54 Å². The van der Waals surface area contributed by atoms with Gasteiger partial charge in [0.2, 0.25) is 0 Å². The lowest BCUT2D eigenvalue weighted by Crippen LogP contribution is -2.26. The minimum Gasteiger partial charge on any atom is -0.352 e. The van der Waals surface area contributed by atoms with Crippen molar-refractivity contribution in [3.05, 3.63) is 46.0 Å². The molecule has 0 atom stereocenters. The number of ketones is 1. The summed E-state index contributed by atoms with van der Waals surface area (Å²) in [6, 6.07) is 7.11. The number of amides is 1. The summed E-state index contributed by atoms with van der Waals surface area (Å²) in [5.74, 6) is 0.705. The van der Waals surface area contributed by atoms with Gasteiger partial charge in [-0.2, -0.15) is 5.10 Å². The monoisotopic (exact) mass is 330 g/mol. The predicted octanol–water partition coefficient (Wildman–Crippen LogP) is 2.45. The fraction of sp³-hybridized carbons (Fsp3) is 0.375. The third-order valence-electron chi connectivity index (χ3n) is 3.88. The van der Waals surface area contributed by atoms with E-state index in [9.17, 15) is 9.59 Å². The van der Waals surface area contributed by atoms with Gasteiger partial charge in [-0.1, -0.05) is 12.1 Å². The fourth-order valence-electron chi connectivity index (χ4n) is 2.47. The van der Waals surface area contributed by atoms with Crippen LogP contribution in [0.5, 0.6) is 0 Å². The van der Waals surface area contributed by atoms with Crippen LogP contribution in [0.1, 0.15) is 52.3 Å². The number of aromatic nitrogens is 3. The molecule has 1 heterocycles. The summed E-state index contributed by atoms with van der Waals surface area (Å²) in [5.41, 5.74) is 1.14. The molecule has 1 aromatic heterocycles.